The Bertz CT molecular complexity index is 414. The second kappa shape index (κ2) is 5.25. The Labute approximate surface area is 97.1 Å². The maximum absolute atomic E-state index is 13.2. The number of rotatable bonds is 5. The lowest BCUT2D eigenvalue weighted by atomic mass is 9.80. The fourth-order valence-electron chi connectivity index (χ4n) is 1.17. The van der Waals surface area contributed by atoms with Gasteiger partial charge in [0.15, 0.2) is 11.6 Å². The number of halogens is 4. The Morgan fingerprint density at radius 1 is 1.35 bits per heavy atom. The van der Waals surface area contributed by atoms with Crippen LogP contribution in [0.15, 0.2) is 30.4 Å². The maximum Gasteiger partial charge on any atom is 0.509 e. The van der Waals surface area contributed by atoms with E-state index in [0.29, 0.717) is 18.6 Å². The minimum absolute atomic E-state index is 0.112. The average molecular weight is 247 g/mol. The van der Waals surface area contributed by atoms with E-state index >= 15 is 0 Å². The lowest BCUT2D eigenvalue weighted by molar-refractivity contribution is 0.305. The Hall–Kier alpha value is -1.46. The first-order valence-electron chi connectivity index (χ1n) is 5.07. The van der Waals surface area contributed by atoms with Crippen molar-refractivity contribution in [3.8, 4) is 5.75 Å². The summed E-state index contributed by atoms with van der Waals surface area (Å²) in [4.78, 5) is 0. The van der Waals surface area contributed by atoms with Gasteiger partial charge in [-0.2, -0.15) is 0 Å². The summed E-state index contributed by atoms with van der Waals surface area (Å²) in [5, 5.41) is 0. The predicted octanol–water partition coefficient (Wildman–Crippen LogP) is 3.23. The third-order valence-electron chi connectivity index (χ3n) is 2.12. The molecule has 0 saturated carbocycles. The smallest absolute Gasteiger partial charge is 0.490 e. The molecule has 1 nitrogen and oxygen atoms in total. The first-order chi connectivity index (χ1) is 7.80. The van der Waals surface area contributed by atoms with Crippen molar-refractivity contribution in [2.75, 3.05) is 6.61 Å². The number of hydrogen-bond donors (Lipinski definition) is 0. The standard InChI is InChI=1S/C11H12BF4O/c1-8(2)5-6-17-11-7-9(12(14,15)16)3-4-10(11)13/h3-4,7H,1,5-6H2,2H3/q-1. The Morgan fingerprint density at radius 2 is 2.00 bits per heavy atom. The van der Waals surface area contributed by atoms with Gasteiger partial charge >= 0.3 is 6.98 Å². The molecule has 0 atom stereocenters. The SMILES string of the molecule is C=C(C)CCOc1cc([B-](F)(F)F)ccc1F. The van der Waals surface area contributed by atoms with Crippen LogP contribution in [0.3, 0.4) is 0 Å². The summed E-state index contributed by atoms with van der Waals surface area (Å²) < 4.78 is 55.4. The zero-order chi connectivity index (χ0) is 13.1. The van der Waals surface area contributed by atoms with Gasteiger partial charge < -0.3 is 17.7 Å². The van der Waals surface area contributed by atoms with E-state index in [0.717, 1.165) is 11.6 Å². The molecule has 1 aromatic rings. The zero-order valence-electron chi connectivity index (χ0n) is 9.35. The first kappa shape index (κ1) is 13.6. The highest BCUT2D eigenvalue weighted by Crippen LogP contribution is 2.19. The van der Waals surface area contributed by atoms with Crippen molar-refractivity contribution in [2.45, 2.75) is 13.3 Å². The van der Waals surface area contributed by atoms with Crippen LogP contribution < -0.4 is 10.2 Å². The van der Waals surface area contributed by atoms with E-state index in [1.54, 1.807) is 6.92 Å². The van der Waals surface area contributed by atoms with Gasteiger partial charge in [-0.1, -0.05) is 11.6 Å². The van der Waals surface area contributed by atoms with Crippen molar-refractivity contribution in [3.05, 3.63) is 36.2 Å². The fourth-order valence-corrected chi connectivity index (χ4v) is 1.17. The van der Waals surface area contributed by atoms with Crippen LogP contribution in [0.1, 0.15) is 13.3 Å². The highest BCUT2D eigenvalue weighted by Gasteiger charge is 2.26. The molecule has 0 N–H and O–H groups in total. The molecule has 1 rings (SSSR count). The molecule has 0 fully saturated rings. The van der Waals surface area contributed by atoms with Gasteiger partial charge in [0.2, 0.25) is 0 Å². The molecular formula is C11H12BF4O-. The highest BCUT2D eigenvalue weighted by atomic mass is 19.4. The van der Waals surface area contributed by atoms with E-state index in [1.807, 2.05) is 0 Å². The first-order valence-corrected chi connectivity index (χ1v) is 5.07. The predicted molar refractivity (Wildman–Crippen MR) is 60.0 cm³/mol. The Kier molecular flexibility index (Phi) is 4.20. The van der Waals surface area contributed by atoms with Crippen molar-refractivity contribution in [1.29, 1.82) is 0 Å². The summed E-state index contributed by atoms with van der Waals surface area (Å²) in [7, 11) is 0. The molecule has 0 aliphatic heterocycles. The molecule has 0 aliphatic rings. The van der Waals surface area contributed by atoms with Gasteiger partial charge in [-0.15, -0.1) is 12.0 Å². The minimum Gasteiger partial charge on any atom is -0.490 e. The van der Waals surface area contributed by atoms with Crippen LogP contribution in [-0.2, 0) is 0 Å². The molecular weight excluding hydrogens is 235 g/mol. The molecule has 0 unspecified atom stereocenters. The van der Waals surface area contributed by atoms with Crippen LogP contribution >= 0.6 is 0 Å². The van der Waals surface area contributed by atoms with Gasteiger partial charge in [0.05, 0.1) is 6.61 Å². The Morgan fingerprint density at radius 3 is 2.53 bits per heavy atom. The van der Waals surface area contributed by atoms with Crippen LogP contribution in [0.5, 0.6) is 5.75 Å². The lowest BCUT2D eigenvalue weighted by Gasteiger charge is -2.16. The van der Waals surface area contributed by atoms with E-state index in [-0.39, 0.29) is 12.4 Å². The summed E-state index contributed by atoms with van der Waals surface area (Å²) in [5.41, 5.74) is -0.0432. The van der Waals surface area contributed by atoms with E-state index in [2.05, 4.69) is 6.58 Å². The second-order valence-electron chi connectivity index (χ2n) is 3.82. The fraction of sp³-hybridized carbons (Fsp3) is 0.273. The van der Waals surface area contributed by atoms with Crippen molar-refractivity contribution < 1.29 is 22.1 Å². The molecule has 6 heteroatoms. The van der Waals surface area contributed by atoms with Gasteiger partial charge in [0.25, 0.3) is 0 Å². The summed E-state index contributed by atoms with van der Waals surface area (Å²) in [5.74, 6) is -1.17. The van der Waals surface area contributed by atoms with Crippen LogP contribution in [0, 0.1) is 5.82 Å². The van der Waals surface area contributed by atoms with Crippen LogP contribution in [0.2, 0.25) is 0 Å². The molecule has 0 spiro atoms. The molecule has 0 aliphatic carbocycles. The molecule has 0 heterocycles. The number of benzene rings is 1. The summed E-state index contributed by atoms with van der Waals surface area (Å²) >= 11 is 0. The van der Waals surface area contributed by atoms with Gasteiger partial charge in [0, 0.05) is 6.42 Å². The quantitative estimate of drug-likeness (QED) is 0.441. The summed E-state index contributed by atoms with van der Waals surface area (Å²) in [6.07, 6.45) is 0.473. The third kappa shape index (κ3) is 4.13. The normalized spacial score (nSPS) is 11.4. The molecule has 94 valence electrons. The summed E-state index contributed by atoms with van der Waals surface area (Å²) in [6.45, 7) is 0.350. The largest absolute Gasteiger partial charge is 0.509 e. The van der Waals surface area contributed by atoms with E-state index in [9.17, 15) is 17.3 Å². The minimum atomic E-state index is -5.14. The van der Waals surface area contributed by atoms with Crippen molar-refractivity contribution >= 4 is 12.4 Å². The lowest BCUT2D eigenvalue weighted by Crippen LogP contribution is -2.34. The molecule has 0 bridgehead atoms. The number of ether oxygens (including phenoxy) is 1. The van der Waals surface area contributed by atoms with Crippen molar-refractivity contribution in [2.24, 2.45) is 0 Å². The van der Waals surface area contributed by atoms with Gasteiger partial charge in [-0.05, 0) is 19.1 Å². The van der Waals surface area contributed by atoms with Crippen molar-refractivity contribution in [1.82, 2.24) is 0 Å². The number of hydrogen-bond acceptors (Lipinski definition) is 1. The Balaban J connectivity index is 2.80. The van der Waals surface area contributed by atoms with E-state index < -0.39 is 18.3 Å². The average Bonchev–Trinajstić information content (AvgIpc) is 2.18. The van der Waals surface area contributed by atoms with Crippen LogP contribution in [0.25, 0.3) is 0 Å². The monoisotopic (exact) mass is 247 g/mol. The van der Waals surface area contributed by atoms with E-state index in [4.69, 9.17) is 4.74 Å². The second-order valence-corrected chi connectivity index (χ2v) is 3.82. The molecule has 0 saturated heterocycles. The van der Waals surface area contributed by atoms with E-state index in [1.165, 1.54) is 0 Å². The molecule has 0 radical (unpaired) electrons. The zero-order valence-corrected chi connectivity index (χ0v) is 9.35. The highest BCUT2D eigenvalue weighted by molar-refractivity contribution is 6.73. The van der Waals surface area contributed by atoms with Gasteiger partial charge in [-0.25, -0.2) is 4.39 Å². The van der Waals surface area contributed by atoms with Gasteiger partial charge in [0.1, 0.15) is 0 Å². The molecule has 17 heavy (non-hydrogen) atoms. The van der Waals surface area contributed by atoms with Crippen LogP contribution in [-0.4, -0.2) is 13.6 Å². The summed E-state index contributed by atoms with van der Waals surface area (Å²) in [6, 6.07) is 2.16. The molecule has 0 aromatic heterocycles. The van der Waals surface area contributed by atoms with Gasteiger partial charge in [-0.3, -0.25) is 0 Å². The molecule has 1 aromatic carbocycles. The topological polar surface area (TPSA) is 9.23 Å². The molecule has 0 amide bonds. The maximum atomic E-state index is 13.2. The third-order valence-corrected chi connectivity index (χ3v) is 2.12. The van der Waals surface area contributed by atoms with Crippen LogP contribution in [0.4, 0.5) is 17.3 Å². The van der Waals surface area contributed by atoms with Crippen molar-refractivity contribution in [3.63, 3.8) is 0 Å².